The molecule has 0 radical (unpaired) electrons. The van der Waals surface area contributed by atoms with Gasteiger partial charge in [0.05, 0.1) is 20.3 Å². The van der Waals surface area contributed by atoms with Crippen LogP contribution >= 0.6 is 0 Å². The number of carbonyl (C=O) groups is 1. The van der Waals surface area contributed by atoms with Gasteiger partial charge in [0.15, 0.2) is 0 Å². The van der Waals surface area contributed by atoms with Gasteiger partial charge >= 0.3 is 5.97 Å². The quantitative estimate of drug-likeness (QED) is 0.686. The predicted molar refractivity (Wildman–Crippen MR) is 64.7 cm³/mol. The van der Waals surface area contributed by atoms with Crippen molar-refractivity contribution in [2.45, 2.75) is 44.7 Å². The average molecular weight is 241 g/mol. The van der Waals surface area contributed by atoms with Gasteiger partial charge in [-0.25, -0.2) is 0 Å². The van der Waals surface area contributed by atoms with E-state index in [1.54, 1.807) is 0 Å². The minimum atomic E-state index is -0.191. The smallest absolute Gasteiger partial charge is 0.325 e. The van der Waals surface area contributed by atoms with Gasteiger partial charge in [0.1, 0.15) is 6.04 Å². The highest BCUT2D eigenvalue weighted by molar-refractivity contribution is 5.76. The van der Waals surface area contributed by atoms with Gasteiger partial charge in [0, 0.05) is 12.6 Å². The highest BCUT2D eigenvalue weighted by Crippen LogP contribution is 2.29. The maximum absolute atomic E-state index is 11.8. The Morgan fingerprint density at radius 2 is 2.24 bits per heavy atom. The first-order chi connectivity index (χ1) is 8.22. The van der Waals surface area contributed by atoms with E-state index in [1.807, 2.05) is 0 Å². The average Bonchev–Trinajstić information content (AvgIpc) is 2.38. The lowest BCUT2D eigenvalue weighted by molar-refractivity contribution is -0.156. The zero-order valence-corrected chi connectivity index (χ0v) is 10.9. The fraction of sp³-hybridized carbons (Fsp3) is 0.923. The van der Waals surface area contributed by atoms with Crippen molar-refractivity contribution in [3.63, 3.8) is 0 Å². The zero-order chi connectivity index (χ0) is 12.3. The number of rotatable bonds is 2. The molecular formula is C13H23NO3. The fourth-order valence-corrected chi connectivity index (χ4v) is 3.10. The van der Waals surface area contributed by atoms with Crippen molar-refractivity contribution in [3.05, 3.63) is 0 Å². The van der Waals surface area contributed by atoms with Crippen LogP contribution in [0.25, 0.3) is 0 Å². The molecule has 1 aliphatic heterocycles. The lowest BCUT2D eigenvalue weighted by Gasteiger charge is -2.42. The van der Waals surface area contributed by atoms with Crippen molar-refractivity contribution in [1.29, 1.82) is 0 Å². The van der Waals surface area contributed by atoms with Crippen molar-refractivity contribution in [1.82, 2.24) is 4.90 Å². The summed E-state index contributed by atoms with van der Waals surface area (Å²) in [4.78, 5) is 14.1. The van der Waals surface area contributed by atoms with Crippen LogP contribution in [-0.4, -0.2) is 49.8 Å². The SMILES string of the molecule is COC(=O)C1COCCN1C1CCCC(C)C1. The van der Waals surface area contributed by atoms with E-state index in [-0.39, 0.29) is 12.0 Å². The molecule has 0 spiro atoms. The van der Waals surface area contributed by atoms with E-state index in [2.05, 4.69) is 11.8 Å². The van der Waals surface area contributed by atoms with Crippen LogP contribution in [0.2, 0.25) is 0 Å². The molecule has 1 aliphatic carbocycles. The molecule has 2 fully saturated rings. The molecule has 0 bridgehead atoms. The van der Waals surface area contributed by atoms with Gasteiger partial charge < -0.3 is 9.47 Å². The van der Waals surface area contributed by atoms with Crippen LogP contribution in [-0.2, 0) is 14.3 Å². The molecule has 98 valence electrons. The Hall–Kier alpha value is -0.610. The summed E-state index contributed by atoms with van der Waals surface area (Å²) in [5, 5.41) is 0. The highest BCUT2D eigenvalue weighted by atomic mass is 16.5. The summed E-state index contributed by atoms with van der Waals surface area (Å²) in [5.74, 6) is 0.623. The number of esters is 1. The molecular weight excluding hydrogens is 218 g/mol. The van der Waals surface area contributed by atoms with E-state index in [1.165, 1.54) is 32.8 Å². The van der Waals surface area contributed by atoms with Gasteiger partial charge in [-0.05, 0) is 18.8 Å². The number of morpholine rings is 1. The first kappa shape index (κ1) is 12.8. The maximum Gasteiger partial charge on any atom is 0.325 e. The molecule has 3 unspecified atom stereocenters. The van der Waals surface area contributed by atoms with Crippen LogP contribution in [0.3, 0.4) is 0 Å². The minimum absolute atomic E-state index is 0.150. The summed E-state index contributed by atoms with van der Waals surface area (Å²) in [7, 11) is 1.46. The molecule has 0 aromatic rings. The molecule has 3 atom stereocenters. The van der Waals surface area contributed by atoms with Crippen molar-refractivity contribution in [2.75, 3.05) is 26.9 Å². The largest absolute Gasteiger partial charge is 0.468 e. The van der Waals surface area contributed by atoms with Crippen molar-refractivity contribution >= 4 is 5.97 Å². The molecule has 0 N–H and O–H groups in total. The van der Waals surface area contributed by atoms with Crippen LogP contribution in [0.1, 0.15) is 32.6 Å². The topological polar surface area (TPSA) is 38.8 Å². The second kappa shape index (κ2) is 5.83. The van der Waals surface area contributed by atoms with E-state index in [0.29, 0.717) is 12.6 Å². The Balaban J connectivity index is 2.02. The van der Waals surface area contributed by atoms with Gasteiger partial charge in [0.25, 0.3) is 0 Å². The number of nitrogens with zero attached hydrogens (tertiary/aromatic N) is 1. The van der Waals surface area contributed by atoms with Crippen LogP contribution in [0.15, 0.2) is 0 Å². The lowest BCUT2D eigenvalue weighted by atomic mass is 9.85. The molecule has 1 saturated heterocycles. The molecule has 4 nitrogen and oxygen atoms in total. The van der Waals surface area contributed by atoms with E-state index in [4.69, 9.17) is 9.47 Å². The maximum atomic E-state index is 11.8. The number of carbonyl (C=O) groups excluding carboxylic acids is 1. The molecule has 2 aliphatic rings. The fourth-order valence-electron chi connectivity index (χ4n) is 3.10. The third kappa shape index (κ3) is 2.99. The molecule has 0 amide bonds. The van der Waals surface area contributed by atoms with Crippen LogP contribution in [0.4, 0.5) is 0 Å². The first-order valence-electron chi connectivity index (χ1n) is 6.63. The second-order valence-corrected chi connectivity index (χ2v) is 5.28. The third-order valence-electron chi connectivity index (χ3n) is 4.02. The number of hydrogen-bond donors (Lipinski definition) is 0. The van der Waals surface area contributed by atoms with Gasteiger partial charge in [-0.1, -0.05) is 19.8 Å². The first-order valence-corrected chi connectivity index (χ1v) is 6.63. The Morgan fingerprint density at radius 1 is 1.41 bits per heavy atom. The minimum Gasteiger partial charge on any atom is -0.468 e. The second-order valence-electron chi connectivity index (χ2n) is 5.28. The van der Waals surface area contributed by atoms with Crippen molar-refractivity contribution in [2.24, 2.45) is 5.92 Å². The summed E-state index contributed by atoms with van der Waals surface area (Å²) >= 11 is 0. The Morgan fingerprint density at radius 3 is 2.94 bits per heavy atom. The lowest BCUT2D eigenvalue weighted by Crippen LogP contribution is -2.55. The number of methoxy groups -OCH3 is 1. The summed E-state index contributed by atoms with van der Waals surface area (Å²) < 4.78 is 10.3. The van der Waals surface area contributed by atoms with E-state index in [9.17, 15) is 4.79 Å². The standard InChI is InChI=1S/C13H23NO3/c1-10-4-3-5-11(8-10)14-6-7-17-9-12(14)13(15)16-2/h10-12H,3-9H2,1-2H3. The number of hydrogen-bond acceptors (Lipinski definition) is 4. The van der Waals surface area contributed by atoms with Gasteiger partial charge in [-0.2, -0.15) is 0 Å². The molecule has 0 aromatic heterocycles. The van der Waals surface area contributed by atoms with Crippen LogP contribution in [0, 0.1) is 5.92 Å². The Labute approximate surface area is 103 Å². The summed E-state index contributed by atoms with van der Waals surface area (Å²) in [6.45, 7) is 4.38. The predicted octanol–water partition coefficient (Wildman–Crippen LogP) is 1.44. The van der Waals surface area contributed by atoms with E-state index >= 15 is 0 Å². The molecule has 4 heteroatoms. The normalized spacial score (nSPS) is 35.5. The van der Waals surface area contributed by atoms with Gasteiger partial charge in [-0.3, -0.25) is 9.69 Å². The van der Waals surface area contributed by atoms with Crippen molar-refractivity contribution < 1.29 is 14.3 Å². The molecule has 1 heterocycles. The molecule has 2 rings (SSSR count). The Kier molecular flexibility index (Phi) is 4.40. The summed E-state index contributed by atoms with van der Waals surface area (Å²) in [5.41, 5.74) is 0. The molecule has 0 aromatic carbocycles. The highest BCUT2D eigenvalue weighted by Gasteiger charge is 2.36. The van der Waals surface area contributed by atoms with Gasteiger partial charge in [-0.15, -0.1) is 0 Å². The summed E-state index contributed by atoms with van der Waals surface area (Å²) in [6, 6.07) is 0.343. The van der Waals surface area contributed by atoms with E-state index in [0.717, 1.165) is 19.1 Å². The monoisotopic (exact) mass is 241 g/mol. The van der Waals surface area contributed by atoms with Gasteiger partial charge in [0.2, 0.25) is 0 Å². The van der Waals surface area contributed by atoms with Crippen LogP contribution < -0.4 is 0 Å². The third-order valence-corrected chi connectivity index (χ3v) is 4.02. The summed E-state index contributed by atoms with van der Waals surface area (Å²) in [6.07, 6.45) is 5.01. The Bertz CT molecular complexity index is 269. The van der Waals surface area contributed by atoms with Crippen molar-refractivity contribution in [3.8, 4) is 0 Å². The van der Waals surface area contributed by atoms with E-state index < -0.39 is 0 Å². The zero-order valence-electron chi connectivity index (χ0n) is 10.9. The molecule has 17 heavy (non-hydrogen) atoms. The molecule has 1 saturated carbocycles. The van der Waals surface area contributed by atoms with Crippen LogP contribution in [0.5, 0.6) is 0 Å². The number of ether oxygens (including phenoxy) is 2.